The van der Waals surface area contributed by atoms with Gasteiger partial charge in [-0.05, 0) is 19.1 Å². The van der Waals surface area contributed by atoms with Crippen molar-refractivity contribution in [3.63, 3.8) is 0 Å². The molecule has 0 spiro atoms. The Labute approximate surface area is 137 Å². The van der Waals surface area contributed by atoms with Gasteiger partial charge in [0.05, 0.1) is 6.54 Å². The number of hydrogen-bond acceptors (Lipinski definition) is 3. The molecule has 1 aromatic carbocycles. The lowest BCUT2D eigenvalue weighted by Crippen LogP contribution is -2.38. The minimum Gasteiger partial charge on any atom is -0.357 e. The van der Waals surface area contributed by atoms with Crippen LogP contribution >= 0.6 is 11.8 Å². The second-order valence-electron chi connectivity index (χ2n) is 4.89. The Morgan fingerprint density at radius 1 is 1.23 bits per heavy atom. The van der Waals surface area contributed by atoms with Crippen LogP contribution in [-0.4, -0.2) is 56.2 Å². The molecule has 2 N–H and O–H groups in total. The van der Waals surface area contributed by atoms with Gasteiger partial charge in [-0.1, -0.05) is 18.2 Å². The van der Waals surface area contributed by atoms with Crippen LogP contribution in [0.15, 0.2) is 40.2 Å². The molecule has 5 nitrogen and oxygen atoms in total. The van der Waals surface area contributed by atoms with Gasteiger partial charge in [0.2, 0.25) is 5.91 Å². The monoisotopic (exact) mass is 322 g/mol. The highest BCUT2D eigenvalue weighted by Crippen LogP contribution is 2.15. The SMILES string of the molecule is CCNC(=NCCC(=O)N(C)C)NCCSc1ccccc1. The van der Waals surface area contributed by atoms with Crippen LogP contribution in [0.4, 0.5) is 0 Å². The lowest BCUT2D eigenvalue weighted by Gasteiger charge is -2.12. The molecule has 0 saturated carbocycles. The predicted octanol–water partition coefficient (Wildman–Crippen LogP) is 1.81. The summed E-state index contributed by atoms with van der Waals surface area (Å²) < 4.78 is 0. The van der Waals surface area contributed by atoms with Crippen LogP contribution < -0.4 is 10.6 Å². The third-order valence-electron chi connectivity index (χ3n) is 2.85. The second-order valence-corrected chi connectivity index (χ2v) is 6.06. The number of guanidine groups is 1. The van der Waals surface area contributed by atoms with Gasteiger partial charge in [0.25, 0.3) is 0 Å². The Morgan fingerprint density at radius 3 is 2.59 bits per heavy atom. The highest BCUT2D eigenvalue weighted by molar-refractivity contribution is 7.99. The summed E-state index contributed by atoms with van der Waals surface area (Å²) in [4.78, 5) is 18.8. The number of carbonyl (C=O) groups is 1. The molecule has 0 aromatic heterocycles. The molecular formula is C16H26N4OS. The third kappa shape index (κ3) is 7.93. The summed E-state index contributed by atoms with van der Waals surface area (Å²) in [5, 5.41) is 6.48. The quantitative estimate of drug-likeness (QED) is 0.332. The maximum atomic E-state index is 11.5. The van der Waals surface area contributed by atoms with Gasteiger partial charge in [0, 0.05) is 44.3 Å². The first-order valence-electron chi connectivity index (χ1n) is 7.53. The number of thioether (sulfide) groups is 1. The summed E-state index contributed by atoms with van der Waals surface area (Å²) in [6.07, 6.45) is 0.433. The van der Waals surface area contributed by atoms with Gasteiger partial charge in [-0.15, -0.1) is 11.8 Å². The van der Waals surface area contributed by atoms with E-state index in [1.165, 1.54) is 4.90 Å². The zero-order chi connectivity index (χ0) is 16.2. The number of carbonyl (C=O) groups excluding carboxylic acids is 1. The molecule has 0 saturated heterocycles. The molecule has 0 atom stereocenters. The number of hydrogen-bond donors (Lipinski definition) is 2. The maximum Gasteiger partial charge on any atom is 0.223 e. The molecule has 6 heteroatoms. The largest absolute Gasteiger partial charge is 0.357 e. The van der Waals surface area contributed by atoms with Gasteiger partial charge in [-0.25, -0.2) is 0 Å². The second kappa shape index (κ2) is 11.0. The molecule has 0 aliphatic rings. The van der Waals surface area contributed by atoms with Crippen molar-refractivity contribution in [2.45, 2.75) is 18.2 Å². The summed E-state index contributed by atoms with van der Waals surface area (Å²) in [6, 6.07) is 10.3. The van der Waals surface area contributed by atoms with Crippen molar-refractivity contribution < 1.29 is 4.79 Å². The molecular weight excluding hydrogens is 296 g/mol. The standard InChI is InChI=1S/C16H26N4OS/c1-4-17-16(18-11-10-15(21)20(2)3)19-12-13-22-14-8-6-5-7-9-14/h5-9H,4,10-13H2,1-3H3,(H2,17,18,19). The van der Waals surface area contributed by atoms with Crippen LogP contribution in [0.3, 0.4) is 0 Å². The number of benzene rings is 1. The van der Waals surface area contributed by atoms with Gasteiger partial charge in [-0.2, -0.15) is 0 Å². The van der Waals surface area contributed by atoms with Crippen LogP contribution in [0, 0.1) is 0 Å². The molecule has 1 amide bonds. The van der Waals surface area contributed by atoms with Crippen molar-refractivity contribution in [2.75, 3.05) is 39.5 Å². The van der Waals surface area contributed by atoms with Crippen molar-refractivity contribution in [2.24, 2.45) is 4.99 Å². The predicted molar refractivity (Wildman–Crippen MR) is 94.5 cm³/mol. The fourth-order valence-electron chi connectivity index (χ4n) is 1.68. The summed E-state index contributed by atoms with van der Waals surface area (Å²) in [6.45, 7) is 4.16. The molecule has 1 rings (SSSR count). The normalized spacial score (nSPS) is 11.1. The Balaban J connectivity index is 2.29. The number of nitrogens with zero attached hydrogens (tertiary/aromatic N) is 2. The molecule has 0 aliphatic carbocycles. The van der Waals surface area contributed by atoms with E-state index in [1.807, 2.05) is 36.9 Å². The fourth-order valence-corrected chi connectivity index (χ4v) is 2.47. The Morgan fingerprint density at radius 2 is 1.95 bits per heavy atom. The van der Waals surface area contributed by atoms with E-state index in [1.54, 1.807) is 19.0 Å². The first-order chi connectivity index (χ1) is 10.6. The van der Waals surface area contributed by atoms with Crippen LogP contribution in [0.5, 0.6) is 0 Å². The summed E-state index contributed by atoms with van der Waals surface area (Å²) in [7, 11) is 3.52. The summed E-state index contributed by atoms with van der Waals surface area (Å²) in [5.41, 5.74) is 0. The van der Waals surface area contributed by atoms with Crippen LogP contribution in [-0.2, 0) is 4.79 Å². The van der Waals surface area contributed by atoms with Gasteiger partial charge in [0.15, 0.2) is 5.96 Å². The smallest absolute Gasteiger partial charge is 0.223 e. The molecule has 0 bridgehead atoms. The average Bonchev–Trinajstić information content (AvgIpc) is 2.52. The first-order valence-corrected chi connectivity index (χ1v) is 8.52. The summed E-state index contributed by atoms with van der Waals surface area (Å²) in [5.74, 6) is 1.83. The molecule has 0 radical (unpaired) electrons. The van der Waals surface area contributed by atoms with Gasteiger partial charge in [-0.3, -0.25) is 9.79 Å². The minimum absolute atomic E-state index is 0.0965. The molecule has 1 aromatic rings. The van der Waals surface area contributed by atoms with Gasteiger partial charge < -0.3 is 15.5 Å². The van der Waals surface area contributed by atoms with Crippen LogP contribution in [0.2, 0.25) is 0 Å². The molecule has 122 valence electrons. The van der Waals surface area contributed by atoms with E-state index in [4.69, 9.17) is 0 Å². The number of rotatable bonds is 8. The topological polar surface area (TPSA) is 56.7 Å². The van der Waals surface area contributed by atoms with Gasteiger partial charge in [0.1, 0.15) is 0 Å². The average molecular weight is 322 g/mol. The van der Waals surface area contributed by atoms with E-state index in [0.717, 1.165) is 24.8 Å². The van der Waals surface area contributed by atoms with Crippen molar-refractivity contribution >= 4 is 23.6 Å². The van der Waals surface area contributed by atoms with Crippen molar-refractivity contribution in [3.05, 3.63) is 30.3 Å². The number of amides is 1. The Hall–Kier alpha value is -1.69. The molecule has 0 fully saturated rings. The zero-order valence-electron chi connectivity index (χ0n) is 13.6. The van der Waals surface area contributed by atoms with Crippen molar-refractivity contribution in [1.29, 1.82) is 0 Å². The number of aliphatic imine (C=N–C) groups is 1. The van der Waals surface area contributed by atoms with E-state index in [9.17, 15) is 4.79 Å². The molecule has 0 unspecified atom stereocenters. The van der Waals surface area contributed by atoms with Crippen LogP contribution in [0.25, 0.3) is 0 Å². The van der Waals surface area contributed by atoms with Gasteiger partial charge >= 0.3 is 0 Å². The van der Waals surface area contributed by atoms with E-state index in [-0.39, 0.29) is 5.91 Å². The Bertz CT molecular complexity index is 462. The highest BCUT2D eigenvalue weighted by atomic mass is 32.2. The lowest BCUT2D eigenvalue weighted by atomic mass is 10.4. The molecule has 0 aliphatic heterocycles. The fraction of sp³-hybridized carbons (Fsp3) is 0.500. The zero-order valence-corrected chi connectivity index (χ0v) is 14.4. The van der Waals surface area contributed by atoms with E-state index in [0.29, 0.717) is 13.0 Å². The molecule has 0 heterocycles. The summed E-state index contributed by atoms with van der Waals surface area (Å²) >= 11 is 1.81. The third-order valence-corrected chi connectivity index (χ3v) is 3.86. The van der Waals surface area contributed by atoms with Crippen LogP contribution in [0.1, 0.15) is 13.3 Å². The number of nitrogens with one attached hydrogen (secondary N) is 2. The van der Waals surface area contributed by atoms with E-state index >= 15 is 0 Å². The minimum atomic E-state index is 0.0965. The maximum absolute atomic E-state index is 11.5. The Kier molecular flexibility index (Phi) is 9.14. The van der Waals surface area contributed by atoms with E-state index in [2.05, 4.69) is 27.8 Å². The van der Waals surface area contributed by atoms with E-state index < -0.39 is 0 Å². The molecule has 22 heavy (non-hydrogen) atoms. The first kappa shape index (κ1) is 18.4. The lowest BCUT2D eigenvalue weighted by molar-refractivity contribution is -0.128. The van der Waals surface area contributed by atoms with Crippen molar-refractivity contribution in [1.82, 2.24) is 15.5 Å². The van der Waals surface area contributed by atoms with Crippen molar-refractivity contribution in [3.8, 4) is 0 Å². The highest BCUT2D eigenvalue weighted by Gasteiger charge is 2.03.